The highest BCUT2D eigenvalue weighted by Gasteiger charge is 2.51. The second-order valence-electron chi connectivity index (χ2n) is 3.95. The van der Waals surface area contributed by atoms with Crippen molar-refractivity contribution in [1.29, 1.82) is 0 Å². The SMILES string of the molecule is CC(=O)OC1O[C@H](CF)[C@@H](OC(C)=O)C1OC(C)=O. The van der Waals surface area contributed by atoms with Gasteiger partial charge in [-0.05, 0) is 0 Å². The second kappa shape index (κ2) is 6.46. The molecule has 0 aliphatic carbocycles. The lowest BCUT2D eigenvalue weighted by Crippen LogP contribution is -2.41. The maximum Gasteiger partial charge on any atom is 0.305 e. The topological polar surface area (TPSA) is 88.1 Å². The molecule has 0 aromatic rings. The molecule has 0 radical (unpaired) electrons. The molecule has 0 aromatic carbocycles. The van der Waals surface area contributed by atoms with E-state index in [-0.39, 0.29) is 0 Å². The van der Waals surface area contributed by atoms with Gasteiger partial charge in [-0.2, -0.15) is 0 Å². The van der Waals surface area contributed by atoms with Crippen LogP contribution in [0.25, 0.3) is 0 Å². The van der Waals surface area contributed by atoms with Crippen LogP contribution in [0.1, 0.15) is 20.8 Å². The van der Waals surface area contributed by atoms with E-state index in [4.69, 9.17) is 18.9 Å². The number of alkyl halides is 1. The van der Waals surface area contributed by atoms with Crippen molar-refractivity contribution in [3.63, 3.8) is 0 Å². The average Bonchev–Trinajstić information content (AvgIpc) is 2.55. The molecular formula is C11H15FO7. The van der Waals surface area contributed by atoms with Crippen LogP contribution in [0.3, 0.4) is 0 Å². The summed E-state index contributed by atoms with van der Waals surface area (Å²) in [6, 6.07) is 0. The third-order valence-corrected chi connectivity index (χ3v) is 2.31. The van der Waals surface area contributed by atoms with E-state index >= 15 is 0 Å². The van der Waals surface area contributed by atoms with Crippen LogP contribution in [-0.2, 0) is 33.3 Å². The van der Waals surface area contributed by atoms with Crippen LogP contribution in [0.5, 0.6) is 0 Å². The molecule has 4 atom stereocenters. The van der Waals surface area contributed by atoms with Crippen LogP contribution in [-0.4, -0.2) is 49.2 Å². The number of hydrogen-bond acceptors (Lipinski definition) is 7. The lowest BCUT2D eigenvalue weighted by Gasteiger charge is -2.22. The molecule has 8 heteroatoms. The minimum Gasteiger partial charge on any atom is -0.455 e. The Morgan fingerprint density at radius 2 is 1.42 bits per heavy atom. The standard InChI is InChI=1S/C11H15FO7/c1-5(13)16-9-8(4-12)19-11(18-7(3)15)10(9)17-6(2)14/h8-11H,4H2,1-3H3/t8-,9-,10?,11?/m1/s1. The molecule has 1 aliphatic heterocycles. The van der Waals surface area contributed by atoms with Crippen LogP contribution in [0, 0.1) is 0 Å². The molecule has 1 saturated heterocycles. The fraction of sp³-hybridized carbons (Fsp3) is 0.727. The molecule has 0 spiro atoms. The van der Waals surface area contributed by atoms with Gasteiger partial charge in [0.25, 0.3) is 0 Å². The van der Waals surface area contributed by atoms with E-state index in [0.717, 1.165) is 20.8 Å². The smallest absolute Gasteiger partial charge is 0.305 e. The molecule has 19 heavy (non-hydrogen) atoms. The van der Waals surface area contributed by atoms with E-state index in [0.29, 0.717) is 0 Å². The average molecular weight is 278 g/mol. The zero-order valence-electron chi connectivity index (χ0n) is 10.8. The summed E-state index contributed by atoms with van der Waals surface area (Å²) in [5.74, 6) is -2.07. The van der Waals surface area contributed by atoms with Crippen molar-refractivity contribution >= 4 is 17.9 Å². The fourth-order valence-electron chi connectivity index (χ4n) is 1.73. The highest BCUT2D eigenvalue weighted by molar-refractivity contribution is 5.68. The Hall–Kier alpha value is -1.70. The largest absolute Gasteiger partial charge is 0.455 e. The number of esters is 3. The molecule has 1 heterocycles. The van der Waals surface area contributed by atoms with Crippen LogP contribution < -0.4 is 0 Å². The molecule has 1 fully saturated rings. The predicted octanol–water partition coefficient (Wildman–Crippen LogP) is 0.107. The van der Waals surface area contributed by atoms with Gasteiger partial charge in [0.15, 0.2) is 6.10 Å². The monoisotopic (exact) mass is 278 g/mol. The van der Waals surface area contributed by atoms with Crippen LogP contribution in [0.15, 0.2) is 0 Å². The molecule has 0 amide bonds. The Morgan fingerprint density at radius 3 is 1.84 bits per heavy atom. The van der Waals surface area contributed by atoms with Gasteiger partial charge < -0.3 is 18.9 Å². The van der Waals surface area contributed by atoms with Gasteiger partial charge in [0.2, 0.25) is 12.4 Å². The van der Waals surface area contributed by atoms with E-state index in [1.54, 1.807) is 0 Å². The second-order valence-corrected chi connectivity index (χ2v) is 3.95. The first kappa shape index (κ1) is 15.4. The zero-order valence-corrected chi connectivity index (χ0v) is 10.8. The molecule has 0 aromatic heterocycles. The molecular weight excluding hydrogens is 263 g/mol. The van der Waals surface area contributed by atoms with E-state index < -0.39 is 49.2 Å². The van der Waals surface area contributed by atoms with E-state index in [2.05, 4.69) is 0 Å². The van der Waals surface area contributed by atoms with Gasteiger partial charge in [0.1, 0.15) is 12.8 Å². The molecule has 7 nitrogen and oxygen atoms in total. The first-order chi connectivity index (χ1) is 8.85. The Labute approximate surface area is 108 Å². The number of halogens is 1. The summed E-state index contributed by atoms with van der Waals surface area (Å²) < 4.78 is 32.4. The summed E-state index contributed by atoms with van der Waals surface area (Å²) in [6.45, 7) is 2.39. The van der Waals surface area contributed by atoms with Crippen LogP contribution in [0.2, 0.25) is 0 Å². The summed E-state index contributed by atoms with van der Waals surface area (Å²) >= 11 is 0. The first-order valence-electron chi connectivity index (χ1n) is 5.58. The third-order valence-electron chi connectivity index (χ3n) is 2.31. The number of carbonyl (C=O) groups is 3. The van der Waals surface area contributed by atoms with Crippen molar-refractivity contribution in [3.05, 3.63) is 0 Å². The number of carbonyl (C=O) groups excluding carboxylic acids is 3. The Bertz CT molecular complexity index is 370. The lowest BCUT2D eigenvalue weighted by atomic mass is 10.1. The van der Waals surface area contributed by atoms with Crippen molar-refractivity contribution in [2.24, 2.45) is 0 Å². The molecule has 1 rings (SSSR count). The van der Waals surface area contributed by atoms with Gasteiger partial charge >= 0.3 is 17.9 Å². The summed E-state index contributed by atoms with van der Waals surface area (Å²) in [4.78, 5) is 32.9. The fourth-order valence-corrected chi connectivity index (χ4v) is 1.73. The predicted molar refractivity (Wildman–Crippen MR) is 57.5 cm³/mol. The van der Waals surface area contributed by atoms with E-state index in [1.807, 2.05) is 0 Å². The summed E-state index contributed by atoms with van der Waals surface area (Å²) in [5.41, 5.74) is 0. The maximum atomic E-state index is 12.8. The van der Waals surface area contributed by atoms with Gasteiger partial charge in [0, 0.05) is 20.8 Å². The lowest BCUT2D eigenvalue weighted by molar-refractivity contribution is -0.195. The minimum absolute atomic E-state index is 0.687. The van der Waals surface area contributed by atoms with Crippen LogP contribution in [0.4, 0.5) is 4.39 Å². The molecule has 0 N–H and O–H groups in total. The van der Waals surface area contributed by atoms with Crippen molar-refractivity contribution in [2.75, 3.05) is 6.67 Å². The van der Waals surface area contributed by atoms with Gasteiger partial charge in [-0.15, -0.1) is 0 Å². The van der Waals surface area contributed by atoms with Crippen molar-refractivity contribution in [2.45, 2.75) is 45.4 Å². The quantitative estimate of drug-likeness (QED) is 0.532. The molecule has 2 unspecified atom stereocenters. The summed E-state index contributed by atoms with van der Waals surface area (Å²) in [5, 5.41) is 0. The molecule has 0 saturated carbocycles. The summed E-state index contributed by atoms with van der Waals surface area (Å²) in [6.07, 6.45) is -4.80. The highest BCUT2D eigenvalue weighted by atomic mass is 19.1. The Balaban J connectivity index is 2.90. The van der Waals surface area contributed by atoms with E-state index in [1.165, 1.54) is 0 Å². The number of hydrogen-bond donors (Lipinski definition) is 0. The molecule has 0 bridgehead atoms. The number of rotatable bonds is 4. The van der Waals surface area contributed by atoms with Crippen molar-refractivity contribution in [1.82, 2.24) is 0 Å². The van der Waals surface area contributed by atoms with Crippen molar-refractivity contribution in [3.8, 4) is 0 Å². The van der Waals surface area contributed by atoms with Gasteiger partial charge in [-0.25, -0.2) is 4.39 Å². The van der Waals surface area contributed by atoms with Gasteiger partial charge in [-0.3, -0.25) is 14.4 Å². The molecule has 1 aliphatic rings. The third kappa shape index (κ3) is 4.16. The van der Waals surface area contributed by atoms with Crippen molar-refractivity contribution < 1.29 is 37.7 Å². The first-order valence-corrected chi connectivity index (χ1v) is 5.58. The van der Waals surface area contributed by atoms with Gasteiger partial charge in [0.05, 0.1) is 0 Å². The highest BCUT2D eigenvalue weighted by Crippen LogP contribution is 2.28. The zero-order chi connectivity index (χ0) is 14.6. The summed E-state index contributed by atoms with van der Waals surface area (Å²) in [7, 11) is 0. The van der Waals surface area contributed by atoms with E-state index in [9.17, 15) is 18.8 Å². The van der Waals surface area contributed by atoms with Crippen LogP contribution >= 0.6 is 0 Å². The Kier molecular flexibility index (Phi) is 5.22. The maximum absolute atomic E-state index is 12.8. The van der Waals surface area contributed by atoms with Gasteiger partial charge in [-0.1, -0.05) is 0 Å². The normalized spacial score (nSPS) is 29.7. The molecule has 108 valence electrons. The Morgan fingerprint density at radius 1 is 0.947 bits per heavy atom. The minimum atomic E-state index is -1.30. The number of ether oxygens (including phenoxy) is 4.